The van der Waals surface area contributed by atoms with Crippen LogP contribution in [-0.2, 0) is 34.8 Å². The number of carbonyl (C=O) groups is 1. The zero-order chi connectivity index (χ0) is 29.6. The SMILES string of the molecule is Cc1cccc(S(=O)(=O)N[C@H]2CCCc3ccc(N(Cc4nccn4C)C(=O)[C@H]4[C@H](c5ccccc5)C4(C)C)cc32)c1. The second-order valence-corrected chi connectivity index (χ2v) is 14.0. The maximum Gasteiger partial charge on any atom is 0.241 e. The Hall–Kier alpha value is -3.75. The van der Waals surface area contributed by atoms with Gasteiger partial charge in [-0.15, -0.1) is 0 Å². The highest BCUT2D eigenvalue weighted by molar-refractivity contribution is 7.89. The fraction of sp³-hybridized carbons (Fsp3) is 0.353. The minimum atomic E-state index is -3.72. The molecule has 0 bridgehead atoms. The van der Waals surface area contributed by atoms with Crippen LogP contribution in [0.2, 0.25) is 0 Å². The van der Waals surface area contributed by atoms with Gasteiger partial charge in [-0.2, -0.15) is 0 Å². The zero-order valence-electron chi connectivity index (χ0n) is 24.6. The third-order valence-electron chi connectivity index (χ3n) is 9.09. The first-order chi connectivity index (χ1) is 20.1. The largest absolute Gasteiger partial charge is 0.337 e. The zero-order valence-corrected chi connectivity index (χ0v) is 25.4. The number of amides is 1. The standard InChI is InChI=1S/C34H38N4O3S/c1-23-10-8-14-27(20-23)42(40,41)36-29-15-9-13-24-16-17-26(21-28(24)29)38(22-30-35-18-19-37(30)4)33(39)32-31(34(32,2)3)25-11-6-5-7-12-25/h5-8,10-12,14,16-21,29,31-32,36H,9,13,15,22H2,1-4H3/t29-,31-,32+/m0/s1. The third kappa shape index (κ3) is 5.29. The summed E-state index contributed by atoms with van der Waals surface area (Å²) in [7, 11) is -1.79. The molecule has 1 saturated carbocycles. The molecule has 4 aromatic rings. The van der Waals surface area contributed by atoms with E-state index in [-0.39, 0.29) is 34.1 Å². The van der Waals surface area contributed by atoms with E-state index in [2.05, 4.69) is 41.8 Å². The quantitative estimate of drug-likeness (QED) is 0.274. The van der Waals surface area contributed by atoms with Crippen LogP contribution in [0, 0.1) is 18.3 Å². The molecule has 3 atom stereocenters. The molecular formula is C34H38N4O3S. The summed E-state index contributed by atoms with van der Waals surface area (Å²) < 4.78 is 31.7. The molecule has 2 aliphatic rings. The molecule has 0 radical (unpaired) electrons. The molecule has 1 aromatic heterocycles. The van der Waals surface area contributed by atoms with Gasteiger partial charge in [0, 0.05) is 37.1 Å². The summed E-state index contributed by atoms with van der Waals surface area (Å²) in [6.45, 7) is 6.54. The molecule has 218 valence electrons. The van der Waals surface area contributed by atoms with Crippen LogP contribution in [-0.4, -0.2) is 23.9 Å². The minimum absolute atomic E-state index is 0.0597. The van der Waals surface area contributed by atoms with Crippen LogP contribution in [0.4, 0.5) is 5.69 Å². The molecule has 1 amide bonds. The monoisotopic (exact) mass is 582 g/mol. The molecular weight excluding hydrogens is 544 g/mol. The number of aromatic nitrogens is 2. The first kappa shape index (κ1) is 28.4. The number of hydrogen-bond donors (Lipinski definition) is 1. The Bertz CT molecular complexity index is 1730. The lowest BCUT2D eigenvalue weighted by atomic mass is 9.87. The molecule has 0 spiro atoms. The first-order valence-corrected chi connectivity index (χ1v) is 16.1. The molecule has 1 fully saturated rings. The molecule has 3 aromatic carbocycles. The van der Waals surface area contributed by atoms with E-state index in [4.69, 9.17) is 0 Å². The summed E-state index contributed by atoms with van der Waals surface area (Å²) in [5.41, 5.74) is 4.69. The van der Waals surface area contributed by atoms with Gasteiger partial charge in [-0.3, -0.25) is 4.79 Å². The van der Waals surface area contributed by atoms with E-state index < -0.39 is 10.0 Å². The van der Waals surface area contributed by atoms with Crippen molar-refractivity contribution in [2.24, 2.45) is 18.4 Å². The van der Waals surface area contributed by atoms with Crippen molar-refractivity contribution >= 4 is 21.6 Å². The van der Waals surface area contributed by atoms with Crippen LogP contribution in [0.3, 0.4) is 0 Å². The van der Waals surface area contributed by atoms with E-state index in [1.807, 2.05) is 66.0 Å². The average molecular weight is 583 g/mol. The second kappa shape index (κ2) is 10.8. The maximum absolute atomic E-state index is 14.4. The summed E-state index contributed by atoms with van der Waals surface area (Å²) in [4.78, 5) is 21.1. The van der Waals surface area contributed by atoms with Crippen LogP contribution in [0.5, 0.6) is 0 Å². The lowest BCUT2D eigenvalue weighted by molar-refractivity contribution is -0.120. The van der Waals surface area contributed by atoms with Gasteiger partial charge in [0.05, 0.1) is 17.4 Å². The molecule has 42 heavy (non-hydrogen) atoms. The van der Waals surface area contributed by atoms with Gasteiger partial charge in [0.1, 0.15) is 5.82 Å². The van der Waals surface area contributed by atoms with Gasteiger partial charge in [0.25, 0.3) is 0 Å². The number of nitrogens with one attached hydrogen (secondary N) is 1. The van der Waals surface area contributed by atoms with Crippen LogP contribution in [0.15, 0.2) is 90.1 Å². The number of imidazole rings is 1. The number of aryl methyl sites for hydroxylation is 3. The molecule has 0 saturated heterocycles. The van der Waals surface area contributed by atoms with Crippen molar-refractivity contribution in [3.63, 3.8) is 0 Å². The number of anilines is 1. The Morgan fingerprint density at radius 2 is 1.86 bits per heavy atom. The van der Waals surface area contributed by atoms with Crippen LogP contribution in [0.25, 0.3) is 0 Å². The van der Waals surface area contributed by atoms with Gasteiger partial charge in [-0.25, -0.2) is 18.1 Å². The smallest absolute Gasteiger partial charge is 0.241 e. The van der Waals surface area contributed by atoms with Gasteiger partial charge in [0.2, 0.25) is 15.9 Å². The number of hydrogen-bond acceptors (Lipinski definition) is 4. The Morgan fingerprint density at radius 3 is 2.57 bits per heavy atom. The predicted molar refractivity (Wildman–Crippen MR) is 164 cm³/mol. The van der Waals surface area contributed by atoms with E-state index >= 15 is 0 Å². The Labute approximate surface area is 248 Å². The van der Waals surface area contributed by atoms with Gasteiger partial charge in [-0.05, 0) is 78.1 Å². The Morgan fingerprint density at radius 1 is 1.07 bits per heavy atom. The maximum atomic E-state index is 14.4. The van der Waals surface area contributed by atoms with Crippen molar-refractivity contribution in [2.45, 2.75) is 63.4 Å². The lowest BCUT2D eigenvalue weighted by Gasteiger charge is -2.30. The second-order valence-electron chi connectivity index (χ2n) is 12.3. The Kier molecular flexibility index (Phi) is 7.31. The van der Waals surface area contributed by atoms with E-state index in [0.29, 0.717) is 13.0 Å². The van der Waals surface area contributed by atoms with Crippen molar-refractivity contribution in [1.82, 2.24) is 14.3 Å². The number of carbonyl (C=O) groups excluding carboxylic acids is 1. The van der Waals surface area contributed by atoms with E-state index in [0.717, 1.165) is 41.0 Å². The van der Waals surface area contributed by atoms with Crippen LogP contribution in [0.1, 0.15) is 66.7 Å². The molecule has 2 aliphatic carbocycles. The minimum Gasteiger partial charge on any atom is -0.337 e. The van der Waals surface area contributed by atoms with Gasteiger partial charge in [-0.1, -0.05) is 62.4 Å². The fourth-order valence-corrected chi connectivity index (χ4v) is 8.00. The topological polar surface area (TPSA) is 84.3 Å². The van der Waals surface area contributed by atoms with Crippen molar-refractivity contribution in [1.29, 1.82) is 0 Å². The van der Waals surface area contributed by atoms with Crippen molar-refractivity contribution < 1.29 is 13.2 Å². The Balaban J connectivity index is 1.35. The van der Waals surface area contributed by atoms with Crippen LogP contribution >= 0.6 is 0 Å². The highest BCUT2D eigenvalue weighted by Crippen LogP contribution is 2.65. The van der Waals surface area contributed by atoms with Gasteiger partial charge in [0.15, 0.2) is 0 Å². The van der Waals surface area contributed by atoms with Crippen molar-refractivity contribution in [3.8, 4) is 0 Å². The fourth-order valence-electron chi connectivity index (χ4n) is 6.65. The molecule has 8 heteroatoms. The third-order valence-corrected chi connectivity index (χ3v) is 10.6. The van der Waals surface area contributed by atoms with E-state index in [9.17, 15) is 13.2 Å². The highest BCUT2D eigenvalue weighted by Gasteiger charge is 2.63. The first-order valence-electron chi connectivity index (χ1n) is 14.6. The van der Waals surface area contributed by atoms with Crippen LogP contribution < -0.4 is 9.62 Å². The number of sulfonamides is 1. The molecule has 1 heterocycles. The molecule has 1 N–H and O–H groups in total. The summed E-state index contributed by atoms with van der Waals surface area (Å²) in [5.74, 6) is 0.797. The molecule has 7 nitrogen and oxygen atoms in total. The molecule has 6 rings (SSSR count). The van der Waals surface area contributed by atoms with Crippen molar-refractivity contribution in [3.05, 3.63) is 113 Å². The van der Waals surface area contributed by atoms with E-state index in [1.165, 1.54) is 5.56 Å². The summed E-state index contributed by atoms with van der Waals surface area (Å²) in [6.07, 6.45) is 6.08. The summed E-state index contributed by atoms with van der Waals surface area (Å²) >= 11 is 0. The highest BCUT2D eigenvalue weighted by atomic mass is 32.2. The number of fused-ring (bicyclic) bond motifs is 1. The molecule has 0 unspecified atom stereocenters. The number of rotatable bonds is 8. The van der Waals surface area contributed by atoms with Gasteiger partial charge >= 0.3 is 0 Å². The lowest BCUT2D eigenvalue weighted by Crippen LogP contribution is -2.35. The average Bonchev–Trinajstić information content (AvgIpc) is 3.32. The van der Waals surface area contributed by atoms with Crippen molar-refractivity contribution in [2.75, 3.05) is 4.90 Å². The normalized spacial score (nSPS) is 21.0. The number of benzene rings is 3. The molecule has 0 aliphatic heterocycles. The summed E-state index contributed by atoms with van der Waals surface area (Å²) in [5, 5.41) is 0. The van der Waals surface area contributed by atoms with E-state index in [1.54, 1.807) is 24.4 Å². The van der Waals surface area contributed by atoms with Gasteiger partial charge < -0.3 is 9.47 Å². The summed E-state index contributed by atoms with van der Waals surface area (Å²) in [6, 6.07) is 22.9. The number of nitrogens with zero attached hydrogens (tertiary/aromatic N) is 3. The predicted octanol–water partition coefficient (Wildman–Crippen LogP) is 6.06.